The van der Waals surface area contributed by atoms with Crippen LogP contribution in [0.4, 0.5) is 0 Å². The first-order valence-electron chi connectivity index (χ1n) is 19.0. The number of hydrogen-bond donors (Lipinski definition) is 2. The van der Waals surface area contributed by atoms with Crippen molar-refractivity contribution in [3.05, 3.63) is 48.6 Å². The van der Waals surface area contributed by atoms with Crippen molar-refractivity contribution >= 4 is 11.8 Å². The van der Waals surface area contributed by atoms with E-state index in [9.17, 15) is 4.79 Å². The first-order chi connectivity index (χ1) is 22.1. The third kappa shape index (κ3) is 36.2. The fourth-order valence-electron chi connectivity index (χ4n) is 5.18. The number of carbonyl (C=O) groups excluding carboxylic acids is 1. The Morgan fingerprint density at radius 2 is 0.889 bits per heavy atom. The van der Waals surface area contributed by atoms with Crippen LogP contribution in [-0.4, -0.2) is 30.0 Å². The van der Waals surface area contributed by atoms with Gasteiger partial charge in [-0.2, -0.15) is 0 Å². The van der Waals surface area contributed by atoms with Gasteiger partial charge >= 0.3 is 5.97 Å². The third-order valence-electron chi connectivity index (χ3n) is 8.05. The summed E-state index contributed by atoms with van der Waals surface area (Å²) in [7, 11) is 0. The van der Waals surface area contributed by atoms with Crippen LogP contribution in [0.15, 0.2) is 48.6 Å². The first-order valence-corrected chi connectivity index (χ1v) is 19.0. The van der Waals surface area contributed by atoms with Crippen molar-refractivity contribution in [2.45, 2.75) is 181 Å². The zero-order valence-corrected chi connectivity index (χ0v) is 29.8. The van der Waals surface area contributed by atoms with E-state index in [1.165, 1.54) is 128 Å². The largest absolute Gasteiger partial charge is 0.388 e. The van der Waals surface area contributed by atoms with Gasteiger partial charge in [0.05, 0.1) is 12.3 Å². The predicted octanol–water partition coefficient (Wildman–Crippen LogP) is 12.1. The highest BCUT2D eigenvalue weighted by Gasteiger charge is 2.12. The summed E-state index contributed by atoms with van der Waals surface area (Å²) in [5, 5.41) is 9.25. The topological polar surface area (TPSA) is 79.4 Å². The number of allylic oxidation sites excluding steroid dienone is 8. The van der Waals surface area contributed by atoms with E-state index in [-0.39, 0.29) is 24.6 Å². The number of rotatable bonds is 34. The highest BCUT2D eigenvalue weighted by molar-refractivity contribution is 5.81. The molecule has 0 amide bonds. The average Bonchev–Trinajstić information content (AvgIpc) is 3.03. The van der Waals surface area contributed by atoms with Gasteiger partial charge in [-0.15, -0.1) is 5.06 Å². The minimum Gasteiger partial charge on any atom is -0.388 e. The number of nitrogens with two attached hydrogens (primary N) is 1. The normalized spacial score (nSPS) is 12.2. The molecule has 0 aromatic heterocycles. The maximum absolute atomic E-state index is 12.3. The van der Waals surface area contributed by atoms with Crippen molar-refractivity contribution in [1.29, 1.82) is 5.41 Å². The van der Waals surface area contributed by atoms with E-state index < -0.39 is 0 Å². The van der Waals surface area contributed by atoms with Gasteiger partial charge in [-0.3, -0.25) is 10.2 Å². The van der Waals surface area contributed by atoms with Gasteiger partial charge in [0.15, 0.2) is 0 Å². The molecule has 0 aromatic rings. The molecule has 0 bridgehead atoms. The Hall–Kier alpha value is -2.14. The molecule has 260 valence electrons. The maximum atomic E-state index is 12.3. The van der Waals surface area contributed by atoms with Crippen LogP contribution in [0.2, 0.25) is 0 Å². The second kappa shape index (κ2) is 36.3. The minimum absolute atomic E-state index is 0.0359. The molecule has 5 heteroatoms. The standard InChI is InChI=1S/C40H73N3O2/c1-3-5-7-9-11-13-15-17-19-21-23-25-27-29-31-33-37-43(45-40(44)36-35-39(41)42)38-34-32-30-28-26-24-22-20-18-16-14-12-10-8-6-4-2/h11-14,17-20H,3-10,15-16,21-38H2,1-2H3,(H3,41,42)/b13-11-,14-12-,19-17-,20-18-. The summed E-state index contributed by atoms with van der Waals surface area (Å²) in [6.07, 6.45) is 48.4. The summed E-state index contributed by atoms with van der Waals surface area (Å²) in [6.45, 7) is 6.09. The lowest BCUT2D eigenvalue weighted by Gasteiger charge is -2.21. The molecule has 0 fully saturated rings. The van der Waals surface area contributed by atoms with E-state index in [4.69, 9.17) is 16.0 Å². The fourth-order valence-corrected chi connectivity index (χ4v) is 5.18. The molecule has 0 aliphatic rings. The second-order valence-corrected chi connectivity index (χ2v) is 12.6. The SMILES string of the molecule is CCCCC/C=C\C/C=C\CCCCCCCCN(CCCCCCCC/C=C\C/C=C\CCCCC)OC(=O)CCC(=N)N. The quantitative estimate of drug-likeness (QED) is 0.0244. The number of nitrogens with one attached hydrogen (secondary N) is 1. The monoisotopic (exact) mass is 628 g/mol. The van der Waals surface area contributed by atoms with E-state index in [0.717, 1.165) is 38.8 Å². The number of unbranched alkanes of at least 4 members (excludes halogenated alkanes) is 18. The van der Waals surface area contributed by atoms with Gasteiger partial charge in [-0.05, 0) is 77.0 Å². The van der Waals surface area contributed by atoms with Crippen molar-refractivity contribution < 1.29 is 9.63 Å². The Labute approximate surface area is 279 Å². The summed E-state index contributed by atoms with van der Waals surface area (Å²) in [4.78, 5) is 17.9. The second-order valence-electron chi connectivity index (χ2n) is 12.6. The van der Waals surface area contributed by atoms with Crippen molar-refractivity contribution in [3.8, 4) is 0 Å². The predicted molar refractivity (Wildman–Crippen MR) is 198 cm³/mol. The smallest absolute Gasteiger partial charge is 0.325 e. The van der Waals surface area contributed by atoms with Crippen LogP contribution in [0.3, 0.4) is 0 Å². The number of carbonyl (C=O) groups is 1. The average molecular weight is 628 g/mol. The van der Waals surface area contributed by atoms with Gasteiger partial charge in [0.25, 0.3) is 0 Å². The molecular formula is C40H73N3O2. The third-order valence-corrected chi connectivity index (χ3v) is 8.05. The molecule has 0 aliphatic carbocycles. The van der Waals surface area contributed by atoms with E-state index in [0.29, 0.717) is 0 Å². The minimum atomic E-state index is -0.273. The van der Waals surface area contributed by atoms with E-state index in [1.54, 1.807) is 0 Å². The molecule has 0 saturated heterocycles. The fraction of sp³-hybridized carbons (Fsp3) is 0.750. The zero-order valence-electron chi connectivity index (χ0n) is 29.8. The van der Waals surface area contributed by atoms with Crippen LogP contribution < -0.4 is 5.73 Å². The molecule has 0 rings (SSSR count). The highest BCUT2D eigenvalue weighted by atomic mass is 16.7. The number of nitrogens with zero attached hydrogens (tertiary/aromatic N) is 1. The summed E-state index contributed by atoms with van der Waals surface area (Å²) in [5.41, 5.74) is 5.43. The van der Waals surface area contributed by atoms with Crippen LogP contribution in [0.5, 0.6) is 0 Å². The molecule has 0 atom stereocenters. The Kier molecular flexibility index (Phi) is 34.6. The van der Waals surface area contributed by atoms with Crippen LogP contribution in [0.25, 0.3) is 0 Å². The summed E-state index contributed by atoms with van der Waals surface area (Å²) in [5.74, 6) is -0.237. The van der Waals surface area contributed by atoms with Gasteiger partial charge in [0.1, 0.15) is 0 Å². The lowest BCUT2D eigenvalue weighted by molar-refractivity contribution is -0.191. The zero-order chi connectivity index (χ0) is 32.9. The lowest BCUT2D eigenvalue weighted by atomic mass is 10.1. The van der Waals surface area contributed by atoms with Crippen molar-refractivity contribution in [1.82, 2.24) is 5.06 Å². The highest BCUT2D eigenvalue weighted by Crippen LogP contribution is 2.12. The van der Waals surface area contributed by atoms with Gasteiger partial charge < -0.3 is 10.6 Å². The summed E-state index contributed by atoms with van der Waals surface area (Å²) in [6, 6.07) is 0. The maximum Gasteiger partial charge on any atom is 0.325 e. The Morgan fingerprint density at radius 1 is 0.533 bits per heavy atom. The van der Waals surface area contributed by atoms with Gasteiger partial charge in [-0.25, -0.2) is 0 Å². The molecule has 0 saturated carbocycles. The molecule has 3 N–H and O–H groups in total. The molecule has 0 heterocycles. The molecule has 0 radical (unpaired) electrons. The number of hydrogen-bond acceptors (Lipinski definition) is 4. The lowest BCUT2D eigenvalue weighted by Crippen LogP contribution is -2.30. The van der Waals surface area contributed by atoms with Gasteiger partial charge in [-0.1, -0.05) is 140 Å². The van der Waals surface area contributed by atoms with Crippen LogP contribution in [0.1, 0.15) is 181 Å². The van der Waals surface area contributed by atoms with E-state index in [2.05, 4.69) is 62.5 Å². The van der Waals surface area contributed by atoms with Gasteiger partial charge in [0, 0.05) is 19.5 Å². The van der Waals surface area contributed by atoms with Gasteiger partial charge in [0.2, 0.25) is 0 Å². The van der Waals surface area contributed by atoms with Crippen molar-refractivity contribution in [2.24, 2.45) is 5.73 Å². The molecule has 0 spiro atoms. The summed E-state index contributed by atoms with van der Waals surface area (Å²) < 4.78 is 0. The van der Waals surface area contributed by atoms with E-state index in [1.807, 2.05) is 5.06 Å². The Morgan fingerprint density at radius 3 is 1.27 bits per heavy atom. The molecule has 45 heavy (non-hydrogen) atoms. The Balaban J connectivity index is 3.97. The number of hydroxylamine groups is 2. The van der Waals surface area contributed by atoms with Crippen molar-refractivity contribution in [3.63, 3.8) is 0 Å². The van der Waals surface area contributed by atoms with Crippen molar-refractivity contribution in [2.75, 3.05) is 13.1 Å². The van der Waals surface area contributed by atoms with Crippen LogP contribution in [-0.2, 0) is 9.63 Å². The van der Waals surface area contributed by atoms with Crippen LogP contribution >= 0.6 is 0 Å². The Bertz CT molecular complexity index is 724. The molecule has 5 nitrogen and oxygen atoms in total. The number of amidine groups is 1. The molecule has 0 aromatic carbocycles. The van der Waals surface area contributed by atoms with E-state index >= 15 is 0 Å². The summed E-state index contributed by atoms with van der Waals surface area (Å²) >= 11 is 0. The molecular weight excluding hydrogens is 554 g/mol. The van der Waals surface area contributed by atoms with Crippen LogP contribution in [0, 0.1) is 5.41 Å². The molecule has 0 unspecified atom stereocenters. The first kappa shape index (κ1) is 42.9. The molecule has 0 aliphatic heterocycles.